The molecule has 0 aliphatic carbocycles. The van der Waals surface area contributed by atoms with E-state index in [2.05, 4.69) is 21.2 Å². The first kappa shape index (κ1) is 15.7. The molecule has 0 bridgehead atoms. The molecule has 1 heterocycles. The summed E-state index contributed by atoms with van der Waals surface area (Å²) in [6.07, 6.45) is 0. The van der Waals surface area contributed by atoms with Crippen molar-refractivity contribution in [1.29, 1.82) is 0 Å². The third-order valence-electron chi connectivity index (χ3n) is 3.13. The van der Waals surface area contributed by atoms with E-state index in [1.54, 1.807) is 19.1 Å². The highest BCUT2D eigenvalue weighted by Crippen LogP contribution is 2.27. The van der Waals surface area contributed by atoms with E-state index < -0.39 is 4.92 Å². The second-order valence-corrected chi connectivity index (χ2v) is 6.94. The van der Waals surface area contributed by atoms with Gasteiger partial charge in [-0.1, -0.05) is 12.1 Å². The number of aryl methyl sites for hydroxylation is 1. The summed E-state index contributed by atoms with van der Waals surface area (Å²) in [5.41, 5.74) is 2.39. The van der Waals surface area contributed by atoms with Gasteiger partial charge in [0, 0.05) is 18.2 Å². The third-order valence-corrected chi connectivity index (χ3v) is 5.27. The van der Waals surface area contributed by atoms with Gasteiger partial charge in [0.1, 0.15) is 0 Å². The van der Waals surface area contributed by atoms with Crippen LogP contribution in [0.15, 0.2) is 28.1 Å². The molecule has 110 valence electrons. The SMILES string of the molecule is Cc1cc(C(=O)NCc2cccc([N+](=O)[O-])c2C)sc1Br. The quantitative estimate of drug-likeness (QED) is 0.655. The molecule has 0 saturated heterocycles. The lowest BCUT2D eigenvalue weighted by Crippen LogP contribution is -2.22. The van der Waals surface area contributed by atoms with Crippen LogP contribution < -0.4 is 5.32 Å². The summed E-state index contributed by atoms with van der Waals surface area (Å²) in [6.45, 7) is 3.87. The summed E-state index contributed by atoms with van der Waals surface area (Å²) in [4.78, 5) is 23.1. The van der Waals surface area contributed by atoms with Crippen LogP contribution >= 0.6 is 27.3 Å². The van der Waals surface area contributed by atoms with Gasteiger partial charge in [-0.25, -0.2) is 0 Å². The second-order valence-electron chi connectivity index (χ2n) is 4.57. The summed E-state index contributed by atoms with van der Waals surface area (Å²) < 4.78 is 0.930. The van der Waals surface area contributed by atoms with Crippen molar-refractivity contribution in [2.24, 2.45) is 0 Å². The van der Waals surface area contributed by atoms with Gasteiger partial charge in [0.05, 0.1) is 13.6 Å². The molecule has 21 heavy (non-hydrogen) atoms. The molecule has 1 N–H and O–H groups in total. The molecular weight excluding hydrogens is 356 g/mol. The number of hydrogen-bond acceptors (Lipinski definition) is 4. The number of nitrogens with one attached hydrogen (secondary N) is 1. The summed E-state index contributed by atoms with van der Waals surface area (Å²) in [7, 11) is 0. The molecule has 1 amide bonds. The van der Waals surface area contributed by atoms with E-state index in [0.717, 1.165) is 14.9 Å². The average Bonchev–Trinajstić information content (AvgIpc) is 2.77. The minimum atomic E-state index is -0.416. The van der Waals surface area contributed by atoms with Gasteiger partial charge in [0.15, 0.2) is 0 Å². The normalized spacial score (nSPS) is 10.4. The van der Waals surface area contributed by atoms with Crippen LogP contribution in [-0.2, 0) is 6.54 Å². The molecular formula is C14H13BrN2O3S. The number of carbonyl (C=O) groups excluding carboxylic acids is 1. The monoisotopic (exact) mass is 368 g/mol. The molecule has 0 aliphatic rings. The molecule has 2 aromatic rings. The number of rotatable bonds is 4. The van der Waals surface area contributed by atoms with Crippen LogP contribution in [0.1, 0.15) is 26.4 Å². The highest BCUT2D eigenvalue weighted by molar-refractivity contribution is 9.11. The van der Waals surface area contributed by atoms with Gasteiger partial charge in [-0.2, -0.15) is 0 Å². The lowest BCUT2D eigenvalue weighted by molar-refractivity contribution is -0.385. The number of nitrogens with zero attached hydrogens (tertiary/aromatic N) is 1. The number of hydrogen-bond donors (Lipinski definition) is 1. The van der Waals surface area contributed by atoms with Gasteiger partial charge in [-0.3, -0.25) is 14.9 Å². The zero-order valence-corrected chi connectivity index (χ0v) is 13.9. The van der Waals surface area contributed by atoms with Crippen molar-refractivity contribution >= 4 is 38.9 Å². The summed E-state index contributed by atoms with van der Waals surface area (Å²) in [5, 5.41) is 13.7. The fourth-order valence-electron chi connectivity index (χ4n) is 1.89. The number of nitro groups is 1. The molecule has 0 saturated carbocycles. The number of thiophene rings is 1. The largest absolute Gasteiger partial charge is 0.347 e. The van der Waals surface area contributed by atoms with Crippen molar-refractivity contribution < 1.29 is 9.72 Å². The van der Waals surface area contributed by atoms with Crippen molar-refractivity contribution in [1.82, 2.24) is 5.32 Å². The van der Waals surface area contributed by atoms with E-state index in [-0.39, 0.29) is 18.1 Å². The molecule has 1 aromatic heterocycles. The number of carbonyl (C=O) groups is 1. The average molecular weight is 369 g/mol. The maximum Gasteiger partial charge on any atom is 0.272 e. The lowest BCUT2D eigenvalue weighted by atomic mass is 10.1. The van der Waals surface area contributed by atoms with E-state index in [0.29, 0.717) is 10.4 Å². The number of halogens is 1. The fraction of sp³-hybridized carbons (Fsp3) is 0.214. The van der Waals surface area contributed by atoms with Gasteiger partial charge in [0.25, 0.3) is 11.6 Å². The molecule has 1 aromatic carbocycles. The van der Waals surface area contributed by atoms with Crippen LogP contribution in [0.2, 0.25) is 0 Å². The van der Waals surface area contributed by atoms with Gasteiger partial charge < -0.3 is 5.32 Å². The van der Waals surface area contributed by atoms with Gasteiger partial charge >= 0.3 is 0 Å². The van der Waals surface area contributed by atoms with Crippen LogP contribution in [0.3, 0.4) is 0 Å². The number of benzene rings is 1. The number of amides is 1. The topological polar surface area (TPSA) is 72.2 Å². The standard InChI is InChI=1S/C14H13BrN2O3S/c1-8-6-12(21-13(8)15)14(18)16-7-10-4-3-5-11(9(10)2)17(19)20/h3-6H,7H2,1-2H3,(H,16,18). The molecule has 5 nitrogen and oxygen atoms in total. The maximum atomic E-state index is 12.1. The smallest absolute Gasteiger partial charge is 0.272 e. The molecule has 0 unspecified atom stereocenters. The molecule has 0 spiro atoms. The first-order valence-electron chi connectivity index (χ1n) is 6.17. The molecule has 0 atom stereocenters. The highest BCUT2D eigenvalue weighted by Gasteiger charge is 2.15. The molecule has 2 rings (SSSR count). The van der Waals surface area contributed by atoms with Crippen molar-refractivity contribution in [3.63, 3.8) is 0 Å². The fourth-order valence-corrected chi connectivity index (χ4v) is 3.34. The Kier molecular flexibility index (Phi) is 4.74. The Morgan fingerprint density at radius 1 is 1.43 bits per heavy atom. The first-order chi connectivity index (χ1) is 9.90. The zero-order chi connectivity index (χ0) is 15.6. The predicted octanol–water partition coefficient (Wildman–Crippen LogP) is 3.97. The maximum absolute atomic E-state index is 12.1. The van der Waals surface area contributed by atoms with Crippen LogP contribution in [-0.4, -0.2) is 10.8 Å². The minimum absolute atomic E-state index is 0.0662. The van der Waals surface area contributed by atoms with Crippen molar-refractivity contribution in [2.75, 3.05) is 0 Å². The van der Waals surface area contributed by atoms with E-state index >= 15 is 0 Å². The molecule has 0 aliphatic heterocycles. The van der Waals surface area contributed by atoms with Gasteiger partial charge in [-0.05, 0) is 47.0 Å². The zero-order valence-electron chi connectivity index (χ0n) is 11.5. The Morgan fingerprint density at radius 2 is 2.14 bits per heavy atom. The Balaban J connectivity index is 2.11. The first-order valence-corrected chi connectivity index (χ1v) is 7.78. The lowest BCUT2D eigenvalue weighted by Gasteiger charge is -2.07. The Morgan fingerprint density at radius 3 is 2.71 bits per heavy atom. The molecule has 0 fully saturated rings. The van der Waals surface area contributed by atoms with E-state index in [4.69, 9.17) is 0 Å². The summed E-state index contributed by atoms with van der Waals surface area (Å²) in [6, 6.07) is 6.67. The molecule has 0 radical (unpaired) electrons. The van der Waals surface area contributed by atoms with Crippen LogP contribution in [0.5, 0.6) is 0 Å². The summed E-state index contributed by atoms with van der Waals surface area (Å²) in [5.74, 6) is -0.181. The minimum Gasteiger partial charge on any atom is -0.347 e. The van der Waals surface area contributed by atoms with Crippen molar-refractivity contribution in [3.05, 3.63) is 59.7 Å². The van der Waals surface area contributed by atoms with Crippen LogP contribution in [0, 0.1) is 24.0 Å². The van der Waals surface area contributed by atoms with Gasteiger partial charge in [0.2, 0.25) is 0 Å². The van der Waals surface area contributed by atoms with Crippen LogP contribution in [0.4, 0.5) is 5.69 Å². The Labute approximate surface area is 134 Å². The molecule has 7 heteroatoms. The van der Waals surface area contributed by atoms with Crippen molar-refractivity contribution in [2.45, 2.75) is 20.4 Å². The van der Waals surface area contributed by atoms with Gasteiger partial charge in [-0.15, -0.1) is 11.3 Å². The third kappa shape index (κ3) is 3.48. The van der Waals surface area contributed by atoms with E-state index in [1.165, 1.54) is 17.4 Å². The number of nitro benzene ring substituents is 1. The van der Waals surface area contributed by atoms with Crippen LogP contribution in [0.25, 0.3) is 0 Å². The van der Waals surface area contributed by atoms with Crippen molar-refractivity contribution in [3.8, 4) is 0 Å². The second kappa shape index (κ2) is 6.36. The predicted molar refractivity (Wildman–Crippen MR) is 85.8 cm³/mol. The van der Waals surface area contributed by atoms with E-state index in [1.807, 2.05) is 13.0 Å². The Hall–Kier alpha value is -1.73. The highest BCUT2D eigenvalue weighted by atomic mass is 79.9. The summed E-state index contributed by atoms with van der Waals surface area (Å²) >= 11 is 4.75. The van der Waals surface area contributed by atoms with E-state index in [9.17, 15) is 14.9 Å². The Bertz CT molecular complexity index is 693.